The predicted octanol–water partition coefficient (Wildman–Crippen LogP) is 4.88. The van der Waals surface area contributed by atoms with Gasteiger partial charge < -0.3 is 9.99 Å². The summed E-state index contributed by atoms with van der Waals surface area (Å²) in [7, 11) is -3.18. The molecule has 2 heterocycles. The van der Waals surface area contributed by atoms with E-state index in [4.69, 9.17) is 5.10 Å². The molecule has 0 spiro atoms. The molecule has 2 aliphatic heterocycles. The maximum Gasteiger partial charge on any atom is 0.317 e. The molecule has 5 nitrogen and oxygen atoms in total. The second-order valence-electron chi connectivity index (χ2n) is 9.38. The average Bonchev–Trinajstić information content (AvgIpc) is 3.35. The third kappa shape index (κ3) is 3.40. The number of hydrogen-bond acceptors (Lipinski definition) is 2. The molecule has 1 saturated heterocycles. The number of nitrogens with one attached hydrogen (secondary N) is 2. The summed E-state index contributed by atoms with van der Waals surface area (Å²) < 4.78 is 16.7. The van der Waals surface area contributed by atoms with E-state index >= 15 is 0 Å². The number of likely N-dealkylation sites (tertiary alicyclic amines) is 1. The lowest BCUT2D eigenvalue weighted by Crippen LogP contribution is -3.08. The first-order chi connectivity index (χ1) is 14.5. The van der Waals surface area contributed by atoms with E-state index in [1.807, 2.05) is 60.7 Å². The fourth-order valence-electron chi connectivity index (χ4n) is 5.02. The van der Waals surface area contributed by atoms with Crippen molar-refractivity contribution in [3.8, 4) is 0 Å². The molecule has 156 valence electrons. The number of hydrogen-bond donors (Lipinski definition) is 2. The number of benzene rings is 2. The first kappa shape index (κ1) is 19.6. The maximum atomic E-state index is 14.9. The van der Waals surface area contributed by atoms with Crippen LogP contribution in [0.4, 0.5) is 11.4 Å². The molecule has 0 unspecified atom stereocenters. The fraction of sp³-hybridized carbons (Fsp3) is 0.375. The molecule has 2 aromatic rings. The second-order valence-corrected chi connectivity index (χ2v) is 11.6. The molecule has 30 heavy (non-hydrogen) atoms. The van der Waals surface area contributed by atoms with Crippen LogP contribution >= 0.6 is 7.44 Å². The Morgan fingerprint density at radius 1 is 0.967 bits per heavy atom. The lowest BCUT2D eigenvalue weighted by Gasteiger charge is -2.34. The van der Waals surface area contributed by atoms with Crippen molar-refractivity contribution >= 4 is 24.5 Å². The van der Waals surface area contributed by atoms with Crippen molar-refractivity contribution in [1.29, 1.82) is 0 Å². The molecule has 1 fully saturated rings. The smallest absolute Gasteiger partial charge is 0.315 e. The van der Waals surface area contributed by atoms with E-state index in [0.717, 1.165) is 48.3 Å². The van der Waals surface area contributed by atoms with Gasteiger partial charge in [-0.3, -0.25) is 4.57 Å². The van der Waals surface area contributed by atoms with Crippen molar-refractivity contribution in [1.82, 2.24) is 0 Å². The van der Waals surface area contributed by atoms with E-state index in [1.54, 1.807) is 4.78 Å². The number of allylic oxidation sites excluding steroid dienone is 2. The molecule has 2 aromatic carbocycles. The zero-order chi connectivity index (χ0) is 20.8. The highest BCUT2D eigenvalue weighted by Gasteiger charge is 2.52. The van der Waals surface area contributed by atoms with Crippen LogP contribution in [0.3, 0.4) is 0 Å². The van der Waals surface area contributed by atoms with Crippen molar-refractivity contribution in [3.63, 3.8) is 0 Å². The molecule has 0 saturated carbocycles. The van der Waals surface area contributed by atoms with Crippen LogP contribution in [-0.4, -0.2) is 18.8 Å². The second kappa shape index (κ2) is 7.40. The molecule has 0 radical (unpaired) electrons. The Hall–Kier alpha value is -2.36. The van der Waals surface area contributed by atoms with E-state index in [9.17, 15) is 4.57 Å². The van der Waals surface area contributed by atoms with Gasteiger partial charge in [-0.2, -0.15) is 9.88 Å². The summed E-state index contributed by atoms with van der Waals surface area (Å²) in [4.78, 5) is 1.50. The number of nitrogens with zero attached hydrogens (tertiary/aromatic N) is 2. The highest BCUT2D eigenvalue weighted by molar-refractivity contribution is 7.73. The third-order valence-electron chi connectivity index (χ3n) is 6.32. The number of quaternary nitrogens is 1. The van der Waals surface area contributed by atoms with Crippen LogP contribution in [0, 0.1) is 5.41 Å². The van der Waals surface area contributed by atoms with Gasteiger partial charge in [-0.15, -0.1) is 0 Å². The van der Waals surface area contributed by atoms with Crippen LogP contribution in [0.1, 0.15) is 39.5 Å². The first-order valence-electron chi connectivity index (χ1n) is 10.9. The van der Waals surface area contributed by atoms with Gasteiger partial charge in [0.05, 0.1) is 24.5 Å². The zero-order valence-electron chi connectivity index (χ0n) is 17.8. The largest absolute Gasteiger partial charge is 0.317 e. The van der Waals surface area contributed by atoms with Gasteiger partial charge in [-0.25, -0.2) is 0 Å². The minimum atomic E-state index is -3.18. The molecule has 1 atom stereocenters. The summed E-state index contributed by atoms with van der Waals surface area (Å²) in [5, 5.41) is 9.42. The van der Waals surface area contributed by atoms with Crippen molar-refractivity contribution in [2.75, 3.05) is 23.0 Å². The van der Waals surface area contributed by atoms with Gasteiger partial charge in [0.15, 0.2) is 0 Å². The van der Waals surface area contributed by atoms with Crippen LogP contribution in [-0.2, 0) is 4.57 Å². The first-order valence-corrected chi connectivity index (χ1v) is 12.6. The standard InChI is InChI=1S/C24H29N4OP/c1-24(2)17-21-23(22(18-24)27-15-9-10-16-27)30(29,26-19-11-5-3-6-12-19)28(25-21)20-13-7-4-8-14-20/h3-8,11-14H,9-10,15-18H2,1-2H3,(H,26,29)/p+1/t30-/m1/s1. The monoisotopic (exact) mass is 421 g/mol. The SMILES string of the molecule is CC1(C)CC2=NN(c3ccccc3)[P@](=O)(Nc3ccccc3)C2=C([NH+]2CCCC2)C1. The highest BCUT2D eigenvalue weighted by atomic mass is 31.2. The number of fused-ring (bicyclic) bond motifs is 1. The van der Waals surface area contributed by atoms with Crippen molar-refractivity contribution < 1.29 is 9.46 Å². The summed E-state index contributed by atoms with van der Waals surface area (Å²) in [5.74, 6) is 0. The van der Waals surface area contributed by atoms with E-state index in [1.165, 1.54) is 23.4 Å². The van der Waals surface area contributed by atoms with Gasteiger partial charge in [0.1, 0.15) is 11.0 Å². The van der Waals surface area contributed by atoms with Gasteiger partial charge in [-0.1, -0.05) is 50.2 Å². The molecular weight excluding hydrogens is 391 g/mol. The van der Waals surface area contributed by atoms with Gasteiger partial charge in [0.25, 0.3) is 0 Å². The van der Waals surface area contributed by atoms with Crippen LogP contribution in [0.5, 0.6) is 0 Å². The van der Waals surface area contributed by atoms with Crippen LogP contribution < -0.4 is 14.8 Å². The topological polar surface area (TPSA) is 49.1 Å². The highest BCUT2D eigenvalue weighted by Crippen LogP contribution is 2.65. The Labute approximate surface area is 178 Å². The number of rotatable bonds is 4. The lowest BCUT2D eigenvalue weighted by atomic mass is 9.78. The van der Waals surface area contributed by atoms with E-state index in [2.05, 4.69) is 18.9 Å². The normalized spacial score (nSPS) is 25.9. The summed E-state index contributed by atoms with van der Waals surface area (Å²) >= 11 is 0. The van der Waals surface area contributed by atoms with Crippen LogP contribution in [0.15, 0.2) is 76.8 Å². The van der Waals surface area contributed by atoms with Crippen molar-refractivity contribution in [2.45, 2.75) is 39.5 Å². The van der Waals surface area contributed by atoms with Gasteiger partial charge >= 0.3 is 7.44 Å². The van der Waals surface area contributed by atoms with E-state index < -0.39 is 7.44 Å². The summed E-state index contributed by atoms with van der Waals surface area (Å²) in [5.41, 5.74) is 4.17. The van der Waals surface area contributed by atoms with Crippen LogP contribution in [0.2, 0.25) is 0 Å². The van der Waals surface area contributed by atoms with Gasteiger partial charge in [0.2, 0.25) is 0 Å². The summed E-state index contributed by atoms with van der Waals surface area (Å²) in [6, 6.07) is 19.8. The molecule has 0 amide bonds. The van der Waals surface area contributed by atoms with E-state index in [-0.39, 0.29) is 5.41 Å². The minimum Gasteiger partial charge on any atom is -0.315 e. The Balaban J connectivity index is 1.69. The van der Waals surface area contributed by atoms with Crippen LogP contribution in [0.25, 0.3) is 0 Å². The molecular formula is C24H30N4OP+. The molecule has 3 aliphatic rings. The zero-order valence-corrected chi connectivity index (χ0v) is 18.7. The van der Waals surface area contributed by atoms with Crippen molar-refractivity contribution in [3.05, 3.63) is 71.7 Å². The summed E-state index contributed by atoms with van der Waals surface area (Å²) in [6.07, 6.45) is 4.29. The van der Waals surface area contributed by atoms with Gasteiger partial charge in [-0.05, 0) is 36.1 Å². The molecule has 0 aromatic heterocycles. The minimum absolute atomic E-state index is 0.123. The summed E-state index contributed by atoms with van der Waals surface area (Å²) in [6.45, 7) is 6.86. The number of anilines is 2. The third-order valence-corrected chi connectivity index (χ3v) is 8.87. The quantitative estimate of drug-likeness (QED) is 0.692. The Morgan fingerprint density at radius 2 is 1.60 bits per heavy atom. The maximum absolute atomic E-state index is 14.9. The lowest BCUT2D eigenvalue weighted by molar-refractivity contribution is -0.849. The Bertz CT molecular complexity index is 1040. The number of para-hydroxylation sites is 2. The molecule has 6 heteroatoms. The molecule has 0 bridgehead atoms. The Morgan fingerprint density at radius 3 is 2.27 bits per heavy atom. The molecule has 2 N–H and O–H groups in total. The average molecular weight is 422 g/mol. The molecule has 1 aliphatic carbocycles. The van der Waals surface area contributed by atoms with Gasteiger partial charge in [0, 0.05) is 24.9 Å². The van der Waals surface area contributed by atoms with Crippen molar-refractivity contribution in [2.24, 2.45) is 10.5 Å². The van der Waals surface area contributed by atoms with E-state index in [0.29, 0.717) is 0 Å². The Kier molecular flexibility index (Phi) is 4.83. The predicted molar refractivity (Wildman–Crippen MR) is 124 cm³/mol. The fourth-order valence-corrected chi connectivity index (χ4v) is 7.68. The molecule has 5 rings (SSSR count). The number of hydrazone groups is 1.